The normalized spacial score (nSPS) is 15.2. The average molecular weight is 378 g/mol. The quantitative estimate of drug-likeness (QED) is 0.479. The van der Waals surface area contributed by atoms with Gasteiger partial charge in [0.1, 0.15) is 18.2 Å². The molecule has 0 aromatic heterocycles. The summed E-state index contributed by atoms with van der Waals surface area (Å²) in [5.41, 5.74) is 6.38. The van der Waals surface area contributed by atoms with Crippen molar-refractivity contribution in [2.75, 3.05) is 14.1 Å². The molecule has 0 saturated heterocycles. The molecule has 1 aromatic carbocycles. The molecule has 1 rings (SSSR count). The number of rotatable bonds is 9. The fourth-order valence-corrected chi connectivity index (χ4v) is 2.51. The summed E-state index contributed by atoms with van der Waals surface area (Å²) in [6, 6.07) is 6.32. The number of aliphatic hydroxyl groups excluding tert-OH is 1. The number of hydrogen-bond acceptors (Lipinski definition) is 5. The molecule has 1 aromatic rings. The van der Waals surface area contributed by atoms with Crippen molar-refractivity contribution in [3.8, 4) is 0 Å². The van der Waals surface area contributed by atoms with Crippen LogP contribution in [-0.2, 0) is 14.4 Å². The molecule has 150 valence electrons. The van der Waals surface area contributed by atoms with Crippen LogP contribution in [0.1, 0.15) is 38.3 Å². The molecule has 2 unspecified atom stereocenters. The highest BCUT2D eigenvalue weighted by atomic mass is 16.3. The van der Waals surface area contributed by atoms with E-state index >= 15 is 0 Å². The minimum Gasteiger partial charge on any atom is -0.382 e. The monoisotopic (exact) mass is 378 g/mol. The summed E-state index contributed by atoms with van der Waals surface area (Å²) in [6.07, 6.45) is -0.177. The van der Waals surface area contributed by atoms with Crippen molar-refractivity contribution >= 4 is 17.7 Å². The number of amides is 3. The smallest absolute Gasteiger partial charge is 0.251 e. The molecule has 0 heterocycles. The van der Waals surface area contributed by atoms with Crippen LogP contribution in [0.2, 0.25) is 0 Å². The van der Waals surface area contributed by atoms with Crippen molar-refractivity contribution in [1.29, 1.82) is 0 Å². The van der Waals surface area contributed by atoms with E-state index in [4.69, 9.17) is 5.73 Å². The molecule has 27 heavy (non-hydrogen) atoms. The molecule has 0 fully saturated rings. The predicted octanol–water partition coefficient (Wildman–Crippen LogP) is -0.0749. The number of carbonyl (C=O) groups is 3. The second-order valence-electron chi connectivity index (χ2n) is 6.71. The van der Waals surface area contributed by atoms with Crippen molar-refractivity contribution in [2.45, 2.75) is 50.9 Å². The Labute approximate surface area is 160 Å². The fraction of sp³-hybridized carbons (Fsp3) is 0.526. The number of likely N-dealkylation sites (N-methyl/N-ethyl adjacent to an activating group) is 1. The van der Waals surface area contributed by atoms with E-state index in [1.807, 2.05) is 13.0 Å². The molecule has 0 aliphatic carbocycles. The minimum atomic E-state index is -1.39. The number of benzene rings is 1. The first kappa shape index (κ1) is 22.6. The molecular weight excluding hydrogens is 348 g/mol. The second-order valence-corrected chi connectivity index (χ2v) is 6.71. The van der Waals surface area contributed by atoms with Crippen LogP contribution in [0.4, 0.5) is 0 Å². The Bertz CT molecular complexity index is 636. The molecule has 8 heteroatoms. The van der Waals surface area contributed by atoms with E-state index in [0.717, 1.165) is 6.42 Å². The summed E-state index contributed by atoms with van der Waals surface area (Å²) in [6.45, 7) is 3.37. The van der Waals surface area contributed by atoms with Crippen LogP contribution < -0.4 is 16.4 Å². The summed E-state index contributed by atoms with van der Waals surface area (Å²) in [5, 5.41) is 15.0. The lowest BCUT2D eigenvalue weighted by Gasteiger charge is -2.25. The van der Waals surface area contributed by atoms with E-state index in [9.17, 15) is 19.5 Å². The van der Waals surface area contributed by atoms with Crippen molar-refractivity contribution in [1.82, 2.24) is 15.5 Å². The molecule has 5 N–H and O–H groups in total. The number of carbonyl (C=O) groups excluding carboxylic acids is 3. The average Bonchev–Trinajstić information content (AvgIpc) is 2.65. The van der Waals surface area contributed by atoms with Crippen LogP contribution in [0.3, 0.4) is 0 Å². The van der Waals surface area contributed by atoms with Gasteiger partial charge in [-0.2, -0.15) is 0 Å². The van der Waals surface area contributed by atoms with Gasteiger partial charge in [-0.1, -0.05) is 43.7 Å². The highest BCUT2D eigenvalue weighted by molar-refractivity contribution is 5.93. The van der Waals surface area contributed by atoms with E-state index in [-0.39, 0.29) is 5.91 Å². The largest absolute Gasteiger partial charge is 0.382 e. The van der Waals surface area contributed by atoms with Crippen LogP contribution in [0.15, 0.2) is 30.3 Å². The van der Waals surface area contributed by atoms with Crippen molar-refractivity contribution in [3.05, 3.63) is 35.9 Å². The molecule has 0 aliphatic heterocycles. The summed E-state index contributed by atoms with van der Waals surface area (Å²) in [4.78, 5) is 38.4. The topological polar surface area (TPSA) is 125 Å². The standard InChI is InChI=1S/C19H30N4O4/c1-5-9-14(20)16(24)18(26)21-12(2)17(25)22-15(19(27)23(3)4)13-10-7-6-8-11-13/h6-8,10-12,14-16,24H,5,9,20H2,1-4H3,(H,21,26)(H,22,25)/t12?,14-,15-,16?/m0/s1. The van der Waals surface area contributed by atoms with E-state index in [1.165, 1.54) is 11.8 Å². The maximum Gasteiger partial charge on any atom is 0.251 e. The third-order valence-corrected chi connectivity index (χ3v) is 4.16. The van der Waals surface area contributed by atoms with Gasteiger partial charge in [0.25, 0.3) is 5.91 Å². The van der Waals surface area contributed by atoms with Crippen LogP contribution in [0.5, 0.6) is 0 Å². The van der Waals surface area contributed by atoms with Crippen LogP contribution in [0, 0.1) is 0 Å². The highest BCUT2D eigenvalue weighted by Crippen LogP contribution is 2.15. The zero-order valence-corrected chi connectivity index (χ0v) is 16.3. The van der Waals surface area contributed by atoms with Gasteiger partial charge >= 0.3 is 0 Å². The van der Waals surface area contributed by atoms with Crippen LogP contribution in [-0.4, -0.2) is 60.0 Å². The first-order chi connectivity index (χ1) is 12.7. The van der Waals surface area contributed by atoms with Crippen molar-refractivity contribution in [2.24, 2.45) is 5.73 Å². The van der Waals surface area contributed by atoms with Crippen molar-refractivity contribution in [3.63, 3.8) is 0 Å². The Hall–Kier alpha value is -2.45. The highest BCUT2D eigenvalue weighted by Gasteiger charge is 2.29. The SMILES string of the molecule is CCC[C@H](N)C(O)C(=O)NC(C)C(=O)N[C@H](C(=O)N(C)C)c1ccccc1. The summed E-state index contributed by atoms with van der Waals surface area (Å²) < 4.78 is 0. The zero-order valence-electron chi connectivity index (χ0n) is 16.3. The first-order valence-corrected chi connectivity index (χ1v) is 8.99. The number of hydrogen-bond donors (Lipinski definition) is 4. The number of nitrogens with two attached hydrogens (primary N) is 1. The lowest BCUT2D eigenvalue weighted by Crippen LogP contribution is -2.53. The molecular formula is C19H30N4O4. The Morgan fingerprint density at radius 3 is 2.22 bits per heavy atom. The van der Waals surface area contributed by atoms with E-state index < -0.39 is 36.0 Å². The van der Waals surface area contributed by atoms with Gasteiger partial charge in [0.05, 0.1) is 0 Å². The summed E-state index contributed by atoms with van der Waals surface area (Å²) >= 11 is 0. The molecule has 0 radical (unpaired) electrons. The number of nitrogens with one attached hydrogen (secondary N) is 2. The predicted molar refractivity (Wildman–Crippen MR) is 103 cm³/mol. The Morgan fingerprint density at radius 1 is 1.11 bits per heavy atom. The summed E-state index contributed by atoms with van der Waals surface area (Å²) in [5.74, 6) is -1.55. The van der Waals surface area contributed by atoms with E-state index in [0.29, 0.717) is 12.0 Å². The zero-order chi connectivity index (χ0) is 20.6. The number of nitrogens with zero attached hydrogens (tertiary/aromatic N) is 1. The second kappa shape index (κ2) is 10.6. The number of aliphatic hydroxyl groups is 1. The molecule has 3 amide bonds. The lowest BCUT2D eigenvalue weighted by atomic mass is 10.0. The fourth-order valence-electron chi connectivity index (χ4n) is 2.51. The molecule has 0 bridgehead atoms. The van der Waals surface area contributed by atoms with Gasteiger partial charge in [0, 0.05) is 20.1 Å². The van der Waals surface area contributed by atoms with Gasteiger partial charge in [-0.05, 0) is 18.9 Å². The first-order valence-electron chi connectivity index (χ1n) is 8.99. The third kappa shape index (κ3) is 6.65. The Morgan fingerprint density at radius 2 is 1.70 bits per heavy atom. The van der Waals surface area contributed by atoms with Gasteiger partial charge in [-0.3, -0.25) is 14.4 Å². The summed E-state index contributed by atoms with van der Waals surface area (Å²) in [7, 11) is 3.20. The van der Waals surface area contributed by atoms with Gasteiger partial charge < -0.3 is 26.4 Å². The molecule has 8 nitrogen and oxygen atoms in total. The molecule has 0 saturated carbocycles. The Balaban J connectivity index is 2.80. The lowest BCUT2D eigenvalue weighted by molar-refractivity contribution is -0.137. The Kier molecular flexibility index (Phi) is 8.90. The van der Waals surface area contributed by atoms with Gasteiger partial charge in [-0.25, -0.2) is 0 Å². The van der Waals surface area contributed by atoms with Gasteiger partial charge in [0.2, 0.25) is 11.8 Å². The van der Waals surface area contributed by atoms with Crippen LogP contribution in [0.25, 0.3) is 0 Å². The maximum atomic E-state index is 12.5. The van der Waals surface area contributed by atoms with E-state index in [2.05, 4.69) is 10.6 Å². The van der Waals surface area contributed by atoms with Crippen molar-refractivity contribution < 1.29 is 19.5 Å². The molecule has 0 aliphatic rings. The third-order valence-electron chi connectivity index (χ3n) is 4.16. The van der Waals surface area contributed by atoms with Crippen LogP contribution >= 0.6 is 0 Å². The van der Waals surface area contributed by atoms with Gasteiger partial charge in [-0.15, -0.1) is 0 Å². The van der Waals surface area contributed by atoms with Gasteiger partial charge in [0.15, 0.2) is 0 Å². The minimum absolute atomic E-state index is 0.293. The van der Waals surface area contributed by atoms with E-state index in [1.54, 1.807) is 38.4 Å². The molecule has 4 atom stereocenters. The molecule has 0 spiro atoms. The maximum absolute atomic E-state index is 12.5.